The molecule has 3 heterocycles. The highest BCUT2D eigenvalue weighted by Crippen LogP contribution is 2.38. The van der Waals surface area contributed by atoms with E-state index in [1.807, 2.05) is 0 Å². The molecule has 16 heteroatoms. The molecular weight excluding hydrogens is 625 g/mol. The second kappa shape index (κ2) is 11.1. The second-order valence-corrected chi connectivity index (χ2v) is 10.7. The Kier molecular flexibility index (Phi) is 7.43. The van der Waals surface area contributed by atoms with Crippen LogP contribution in [0, 0.1) is 5.82 Å². The van der Waals surface area contributed by atoms with Crippen LogP contribution in [0.15, 0.2) is 54.6 Å². The molecule has 0 saturated carbocycles. The number of imidazole rings is 1. The van der Waals surface area contributed by atoms with Crippen molar-refractivity contribution in [3.63, 3.8) is 0 Å². The van der Waals surface area contributed by atoms with Crippen LogP contribution >= 0.6 is 11.6 Å². The number of alkyl halides is 4. The molecule has 1 saturated heterocycles. The van der Waals surface area contributed by atoms with Gasteiger partial charge in [0.05, 0.1) is 28.3 Å². The summed E-state index contributed by atoms with van der Waals surface area (Å²) in [5.41, 5.74) is 5.09. The van der Waals surface area contributed by atoms with Gasteiger partial charge in [0.2, 0.25) is 17.6 Å². The highest BCUT2D eigenvalue weighted by Gasteiger charge is 2.40. The van der Waals surface area contributed by atoms with Gasteiger partial charge in [-0.2, -0.15) is 18.3 Å². The van der Waals surface area contributed by atoms with E-state index in [2.05, 4.69) is 20.4 Å². The van der Waals surface area contributed by atoms with Crippen LogP contribution in [-0.2, 0) is 22.3 Å². The molecule has 2 atom stereocenters. The fourth-order valence-electron chi connectivity index (χ4n) is 5.39. The van der Waals surface area contributed by atoms with Crippen LogP contribution in [0.2, 0.25) is 5.02 Å². The zero-order valence-electron chi connectivity index (χ0n) is 22.8. The number of halogens is 6. The molecule has 1 aliphatic rings. The number of nitrogens with two attached hydrogens (primary N) is 1. The van der Waals surface area contributed by atoms with E-state index in [-0.39, 0.29) is 45.0 Å². The summed E-state index contributed by atoms with van der Waals surface area (Å²) in [6.07, 6.45) is -6.66. The fourth-order valence-corrected chi connectivity index (χ4v) is 5.70. The molecule has 1 aliphatic heterocycles. The van der Waals surface area contributed by atoms with Gasteiger partial charge in [0.15, 0.2) is 11.5 Å². The SMILES string of the molecule is NC(=O)c1nn(CC(=O)N2C[C@H](F)C[C@H]2C(=O)Nc2cccc(-c3ccc4[nH]c(C(F)(F)F)nc4c3Cl)c2F)c2ccccc12. The molecule has 0 unspecified atom stereocenters. The second-order valence-electron chi connectivity index (χ2n) is 10.3. The Morgan fingerprint density at radius 2 is 1.82 bits per heavy atom. The van der Waals surface area contributed by atoms with Crippen LogP contribution in [0.1, 0.15) is 22.7 Å². The lowest BCUT2D eigenvalue weighted by atomic mass is 10.0. The smallest absolute Gasteiger partial charge is 0.364 e. The fraction of sp³-hybridized carbons (Fsp3) is 0.207. The van der Waals surface area contributed by atoms with E-state index in [1.165, 1.54) is 35.0 Å². The number of carbonyl (C=O) groups excluding carboxylic acids is 3. The monoisotopic (exact) mass is 645 g/mol. The van der Waals surface area contributed by atoms with Crippen molar-refractivity contribution in [2.75, 3.05) is 11.9 Å². The number of nitrogens with one attached hydrogen (secondary N) is 2. The molecule has 3 amide bonds. The minimum atomic E-state index is -4.76. The number of likely N-dealkylation sites (tertiary alicyclic amines) is 1. The Morgan fingerprint density at radius 1 is 1.07 bits per heavy atom. The van der Waals surface area contributed by atoms with Crippen molar-refractivity contribution in [2.45, 2.75) is 31.4 Å². The van der Waals surface area contributed by atoms with Crippen molar-refractivity contribution >= 4 is 56.9 Å². The van der Waals surface area contributed by atoms with Gasteiger partial charge >= 0.3 is 6.18 Å². The van der Waals surface area contributed by atoms with Crippen molar-refractivity contribution in [3.05, 3.63) is 77.0 Å². The van der Waals surface area contributed by atoms with Crippen molar-refractivity contribution in [2.24, 2.45) is 5.73 Å². The van der Waals surface area contributed by atoms with Gasteiger partial charge in [-0.1, -0.05) is 48.0 Å². The summed E-state index contributed by atoms with van der Waals surface area (Å²) in [6, 6.07) is 11.8. The predicted octanol–water partition coefficient (Wildman–Crippen LogP) is 5.07. The number of rotatable bonds is 6. The third kappa shape index (κ3) is 5.43. The number of fused-ring (bicyclic) bond motifs is 2. The lowest BCUT2D eigenvalue weighted by Gasteiger charge is -2.24. The number of primary amides is 1. The molecule has 4 N–H and O–H groups in total. The average molecular weight is 646 g/mol. The van der Waals surface area contributed by atoms with Crippen LogP contribution in [0.5, 0.6) is 0 Å². The Bertz CT molecular complexity index is 2010. The number of para-hydroxylation sites is 1. The van der Waals surface area contributed by atoms with E-state index in [1.54, 1.807) is 24.3 Å². The number of benzene rings is 3. The first-order valence-electron chi connectivity index (χ1n) is 13.4. The van der Waals surface area contributed by atoms with Gasteiger partial charge in [0, 0.05) is 22.9 Å². The Morgan fingerprint density at radius 3 is 2.56 bits per heavy atom. The number of H-pyrrole nitrogens is 1. The number of hydrogen-bond acceptors (Lipinski definition) is 5. The number of anilines is 1. The molecule has 6 rings (SSSR count). The largest absolute Gasteiger partial charge is 0.449 e. The summed E-state index contributed by atoms with van der Waals surface area (Å²) >= 11 is 6.34. The van der Waals surface area contributed by atoms with Crippen molar-refractivity contribution < 1.29 is 36.3 Å². The Labute approximate surface area is 254 Å². The Hall–Kier alpha value is -5.05. The van der Waals surface area contributed by atoms with Crippen molar-refractivity contribution in [1.82, 2.24) is 24.6 Å². The van der Waals surface area contributed by atoms with E-state index in [0.717, 1.165) is 4.90 Å². The topological polar surface area (TPSA) is 139 Å². The number of amides is 3. The predicted molar refractivity (Wildman–Crippen MR) is 153 cm³/mol. The van der Waals surface area contributed by atoms with Gasteiger partial charge in [0.25, 0.3) is 5.91 Å². The molecule has 232 valence electrons. The quantitative estimate of drug-likeness (QED) is 0.222. The molecule has 0 radical (unpaired) electrons. The number of nitrogens with zero attached hydrogens (tertiary/aromatic N) is 4. The first kappa shape index (κ1) is 30.0. The van der Waals surface area contributed by atoms with E-state index in [0.29, 0.717) is 10.9 Å². The van der Waals surface area contributed by atoms with Crippen LogP contribution < -0.4 is 11.1 Å². The number of hydrogen-bond donors (Lipinski definition) is 3. The highest BCUT2D eigenvalue weighted by molar-refractivity contribution is 6.37. The molecule has 1 fully saturated rings. The molecule has 5 aromatic rings. The maximum absolute atomic E-state index is 15.7. The molecule has 0 aliphatic carbocycles. The highest BCUT2D eigenvalue weighted by atomic mass is 35.5. The summed E-state index contributed by atoms with van der Waals surface area (Å²) in [6.45, 7) is -0.834. The maximum Gasteiger partial charge on any atom is 0.449 e. The first-order valence-corrected chi connectivity index (χ1v) is 13.7. The van der Waals surface area contributed by atoms with Gasteiger partial charge in [0.1, 0.15) is 24.3 Å². The van der Waals surface area contributed by atoms with Crippen molar-refractivity contribution in [3.8, 4) is 11.1 Å². The van der Waals surface area contributed by atoms with E-state index >= 15 is 4.39 Å². The Balaban J connectivity index is 1.25. The van der Waals surface area contributed by atoms with Crippen LogP contribution in [0.25, 0.3) is 33.1 Å². The maximum atomic E-state index is 15.7. The number of aromatic amines is 1. The normalized spacial score (nSPS) is 16.9. The zero-order chi connectivity index (χ0) is 32.2. The molecule has 3 aromatic carbocycles. The third-order valence-corrected chi connectivity index (χ3v) is 7.84. The van der Waals surface area contributed by atoms with Crippen LogP contribution in [0.4, 0.5) is 27.6 Å². The molecule has 45 heavy (non-hydrogen) atoms. The minimum Gasteiger partial charge on any atom is -0.364 e. The first-order chi connectivity index (χ1) is 21.3. The molecule has 2 aromatic heterocycles. The summed E-state index contributed by atoms with van der Waals surface area (Å²) in [5.74, 6) is -4.58. The van der Waals surface area contributed by atoms with Gasteiger partial charge < -0.3 is 20.9 Å². The minimum absolute atomic E-state index is 0.0123. The summed E-state index contributed by atoms with van der Waals surface area (Å²) in [5, 5.41) is 6.68. The van der Waals surface area contributed by atoms with Crippen LogP contribution in [0.3, 0.4) is 0 Å². The van der Waals surface area contributed by atoms with Gasteiger partial charge in [-0.05, 0) is 18.2 Å². The van der Waals surface area contributed by atoms with Gasteiger partial charge in [-0.3, -0.25) is 19.1 Å². The summed E-state index contributed by atoms with van der Waals surface area (Å²) < 4.78 is 71.0. The molecule has 10 nitrogen and oxygen atoms in total. The zero-order valence-corrected chi connectivity index (χ0v) is 23.6. The average Bonchev–Trinajstić information content (AvgIpc) is 3.70. The molecule has 0 bridgehead atoms. The summed E-state index contributed by atoms with van der Waals surface area (Å²) in [4.78, 5) is 45.1. The van der Waals surface area contributed by atoms with Gasteiger partial charge in [-0.25, -0.2) is 13.8 Å². The molecular formula is C29H21ClF5N7O3. The van der Waals surface area contributed by atoms with E-state index < -0.39 is 60.8 Å². The number of aromatic nitrogens is 4. The third-order valence-electron chi connectivity index (χ3n) is 7.46. The standard InChI is InChI=1S/C29H21ClF5N7O3/c30-22-14(8-9-18-25(22)39-28(38-18)29(33,34)35)15-5-3-6-17(23(15)32)37-27(45)20-10-13(31)11-41(20)21(43)12-42-19-7-2-1-4-16(19)24(40-42)26(36)44/h1-9,13,20H,10-12H2,(H2,36,44)(H,37,45)(H,38,39)/t13-,20+/m1/s1. The van der Waals surface area contributed by atoms with Gasteiger partial charge in [-0.15, -0.1) is 0 Å². The molecule has 0 spiro atoms. The van der Waals surface area contributed by atoms with Crippen LogP contribution in [-0.4, -0.2) is 61.1 Å². The van der Waals surface area contributed by atoms with Crippen molar-refractivity contribution in [1.29, 1.82) is 0 Å². The van der Waals surface area contributed by atoms with E-state index in [4.69, 9.17) is 17.3 Å². The van der Waals surface area contributed by atoms with E-state index in [9.17, 15) is 31.9 Å². The summed E-state index contributed by atoms with van der Waals surface area (Å²) in [7, 11) is 0. The lowest BCUT2D eigenvalue weighted by Crippen LogP contribution is -2.44. The lowest BCUT2D eigenvalue weighted by molar-refractivity contribution is -0.144. The number of carbonyl (C=O) groups is 3.